The Kier molecular flexibility index (Phi) is 4.00. The SMILES string of the molecule is CCOC(=O)NC(CC)c1ccc2oc3ccccc3c2c1. The Morgan fingerprint density at radius 3 is 2.68 bits per heavy atom. The van der Waals surface area contributed by atoms with Gasteiger partial charge in [-0.2, -0.15) is 0 Å². The van der Waals surface area contributed by atoms with Crippen LogP contribution in [0.3, 0.4) is 0 Å². The summed E-state index contributed by atoms with van der Waals surface area (Å²) in [6.07, 6.45) is 0.409. The van der Waals surface area contributed by atoms with E-state index in [0.717, 1.165) is 33.9 Å². The fourth-order valence-corrected chi connectivity index (χ4v) is 2.70. The Bertz CT molecular complexity index is 806. The normalized spacial score (nSPS) is 12.5. The predicted octanol–water partition coefficient (Wildman–Crippen LogP) is 4.78. The van der Waals surface area contributed by atoms with Gasteiger partial charge < -0.3 is 14.5 Å². The highest BCUT2D eigenvalue weighted by Gasteiger charge is 2.15. The van der Waals surface area contributed by atoms with E-state index in [-0.39, 0.29) is 12.1 Å². The van der Waals surface area contributed by atoms with E-state index in [1.165, 1.54) is 0 Å². The first-order valence-corrected chi connectivity index (χ1v) is 7.57. The first-order chi connectivity index (χ1) is 10.7. The number of nitrogens with one attached hydrogen (secondary N) is 1. The van der Waals surface area contributed by atoms with Gasteiger partial charge in [0.15, 0.2) is 0 Å². The number of rotatable bonds is 4. The van der Waals surface area contributed by atoms with Crippen LogP contribution in [0.4, 0.5) is 4.79 Å². The second-order valence-corrected chi connectivity index (χ2v) is 5.18. The smallest absolute Gasteiger partial charge is 0.407 e. The minimum Gasteiger partial charge on any atom is -0.456 e. The minimum atomic E-state index is -0.383. The molecule has 0 radical (unpaired) electrons. The average Bonchev–Trinajstić information content (AvgIpc) is 2.90. The van der Waals surface area contributed by atoms with E-state index < -0.39 is 0 Å². The third-order valence-electron chi connectivity index (χ3n) is 3.78. The number of para-hydroxylation sites is 1. The van der Waals surface area contributed by atoms with Crippen LogP contribution in [-0.2, 0) is 4.74 Å². The highest BCUT2D eigenvalue weighted by molar-refractivity contribution is 6.05. The van der Waals surface area contributed by atoms with Crippen LogP contribution in [0.2, 0.25) is 0 Å². The van der Waals surface area contributed by atoms with E-state index in [1.807, 2.05) is 43.3 Å². The highest BCUT2D eigenvalue weighted by atomic mass is 16.5. The van der Waals surface area contributed by atoms with E-state index in [4.69, 9.17) is 9.15 Å². The van der Waals surface area contributed by atoms with Crippen LogP contribution in [0.1, 0.15) is 31.9 Å². The zero-order valence-corrected chi connectivity index (χ0v) is 12.8. The summed E-state index contributed by atoms with van der Waals surface area (Å²) in [6.45, 7) is 4.20. The molecule has 4 heteroatoms. The van der Waals surface area contributed by atoms with Crippen molar-refractivity contribution in [2.75, 3.05) is 6.61 Å². The molecule has 0 saturated carbocycles. The van der Waals surface area contributed by atoms with E-state index in [1.54, 1.807) is 6.92 Å². The summed E-state index contributed by atoms with van der Waals surface area (Å²) in [5.74, 6) is 0. The van der Waals surface area contributed by atoms with Crippen molar-refractivity contribution in [3.8, 4) is 0 Å². The monoisotopic (exact) mass is 297 g/mol. The van der Waals surface area contributed by atoms with Gasteiger partial charge in [0.05, 0.1) is 12.6 Å². The van der Waals surface area contributed by atoms with E-state index in [2.05, 4.69) is 11.4 Å². The molecule has 0 fully saturated rings. The first-order valence-electron chi connectivity index (χ1n) is 7.57. The summed E-state index contributed by atoms with van der Waals surface area (Å²) in [7, 11) is 0. The number of ether oxygens (including phenoxy) is 1. The number of hydrogen-bond acceptors (Lipinski definition) is 3. The Labute approximate surface area is 129 Å². The summed E-state index contributed by atoms with van der Waals surface area (Å²) in [5.41, 5.74) is 2.78. The molecule has 0 spiro atoms. The van der Waals surface area contributed by atoms with Crippen LogP contribution in [-0.4, -0.2) is 12.7 Å². The van der Waals surface area contributed by atoms with E-state index in [9.17, 15) is 4.79 Å². The predicted molar refractivity (Wildman–Crippen MR) is 86.9 cm³/mol. The molecule has 0 aliphatic carbocycles. The van der Waals surface area contributed by atoms with Gasteiger partial charge in [-0.1, -0.05) is 31.2 Å². The zero-order valence-electron chi connectivity index (χ0n) is 12.8. The molecule has 3 aromatic rings. The summed E-state index contributed by atoms with van der Waals surface area (Å²) < 4.78 is 10.8. The standard InChI is InChI=1S/C18H19NO3/c1-3-15(19-18(20)21-4-2)12-9-10-17-14(11-12)13-7-5-6-8-16(13)22-17/h5-11,15H,3-4H2,1-2H3,(H,19,20). The lowest BCUT2D eigenvalue weighted by Crippen LogP contribution is -2.28. The van der Waals surface area contributed by atoms with Crippen molar-refractivity contribution < 1.29 is 13.9 Å². The number of carbonyl (C=O) groups is 1. The molecule has 1 aromatic heterocycles. The van der Waals surface area contributed by atoms with Crippen molar-refractivity contribution in [1.82, 2.24) is 5.32 Å². The molecule has 0 bridgehead atoms. The van der Waals surface area contributed by atoms with Gasteiger partial charge in [0.2, 0.25) is 0 Å². The van der Waals surface area contributed by atoms with Crippen LogP contribution < -0.4 is 5.32 Å². The van der Waals surface area contributed by atoms with E-state index >= 15 is 0 Å². The van der Waals surface area contributed by atoms with Crippen molar-refractivity contribution in [3.05, 3.63) is 48.0 Å². The maximum atomic E-state index is 11.7. The Hall–Kier alpha value is -2.49. The van der Waals surface area contributed by atoms with E-state index in [0.29, 0.717) is 6.61 Å². The molecule has 1 unspecified atom stereocenters. The van der Waals surface area contributed by atoms with Crippen LogP contribution in [0.5, 0.6) is 0 Å². The summed E-state index contributed by atoms with van der Waals surface area (Å²) >= 11 is 0. The van der Waals surface area contributed by atoms with Gasteiger partial charge in [0.1, 0.15) is 11.2 Å². The van der Waals surface area contributed by atoms with Crippen molar-refractivity contribution in [2.24, 2.45) is 0 Å². The fourth-order valence-electron chi connectivity index (χ4n) is 2.70. The van der Waals surface area contributed by atoms with Gasteiger partial charge in [0.25, 0.3) is 0 Å². The minimum absolute atomic E-state index is 0.0721. The lowest BCUT2D eigenvalue weighted by atomic mass is 10.0. The maximum Gasteiger partial charge on any atom is 0.407 e. The highest BCUT2D eigenvalue weighted by Crippen LogP contribution is 2.31. The van der Waals surface area contributed by atoms with Gasteiger partial charge in [-0.3, -0.25) is 0 Å². The Balaban J connectivity index is 1.99. The largest absolute Gasteiger partial charge is 0.456 e. The lowest BCUT2D eigenvalue weighted by molar-refractivity contribution is 0.147. The number of fused-ring (bicyclic) bond motifs is 3. The zero-order chi connectivity index (χ0) is 15.5. The molecule has 0 aliphatic heterocycles. The van der Waals surface area contributed by atoms with Crippen LogP contribution in [0.25, 0.3) is 21.9 Å². The van der Waals surface area contributed by atoms with Crippen molar-refractivity contribution in [2.45, 2.75) is 26.3 Å². The first kappa shape index (κ1) is 14.4. The van der Waals surface area contributed by atoms with Crippen molar-refractivity contribution in [1.29, 1.82) is 0 Å². The van der Waals surface area contributed by atoms with Crippen molar-refractivity contribution in [3.63, 3.8) is 0 Å². The molecular formula is C18H19NO3. The molecule has 4 nitrogen and oxygen atoms in total. The molecule has 1 heterocycles. The topological polar surface area (TPSA) is 51.5 Å². The number of hydrogen-bond donors (Lipinski definition) is 1. The van der Waals surface area contributed by atoms with Crippen LogP contribution in [0, 0.1) is 0 Å². The summed E-state index contributed by atoms with van der Waals surface area (Å²) in [4.78, 5) is 11.7. The molecule has 0 aliphatic rings. The Morgan fingerprint density at radius 2 is 1.91 bits per heavy atom. The number of benzene rings is 2. The molecule has 3 rings (SSSR count). The number of amides is 1. The molecule has 1 atom stereocenters. The van der Waals surface area contributed by atoms with Gasteiger partial charge >= 0.3 is 6.09 Å². The number of furan rings is 1. The molecule has 1 amide bonds. The number of carbonyl (C=O) groups excluding carboxylic acids is 1. The molecule has 22 heavy (non-hydrogen) atoms. The summed E-state index contributed by atoms with van der Waals surface area (Å²) in [6, 6.07) is 13.9. The van der Waals surface area contributed by atoms with Gasteiger partial charge in [0, 0.05) is 10.8 Å². The molecule has 1 N–H and O–H groups in total. The van der Waals surface area contributed by atoms with Crippen LogP contribution >= 0.6 is 0 Å². The maximum absolute atomic E-state index is 11.7. The molecular weight excluding hydrogens is 278 g/mol. The fraction of sp³-hybridized carbons (Fsp3) is 0.278. The second-order valence-electron chi connectivity index (χ2n) is 5.18. The molecule has 2 aromatic carbocycles. The van der Waals surface area contributed by atoms with Gasteiger partial charge in [-0.25, -0.2) is 4.79 Å². The van der Waals surface area contributed by atoms with Crippen LogP contribution in [0.15, 0.2) is 46.9 Å². The quantitative estimate of drug-likeness (QED) is 0.753. The third-order valence-corrected chi connectivity index (χ3v) is 3.78. The second kappa shape index (κ2) is 6.10. The Morgan fingerprint density at radius 1 is 1.14 bits per heavy atom. The lowest BCUT2D eigenvalue weighted by Gasteiger charge is -2.17. The number of alkyl carbamates (subject to hydrolysis) is 1. The van der Waals surface area contributed by atoms with Crippen molar-refractivity contribution >= 4 is 28.0 Å². The molecule has 114 valence electrons. The molecule has 0 saturated heterocycles. The van der Waals surface area contributed by atoms with Gasteiger partial charge in [-0.05, 0) is 37.1 Å². The average molecular weight is 297 g/mol. The summed E-state index contributed by atoms with van der Waals surface area (Å²) in [5, 5.41) is 5.05. The third kappa shape index (κ3) is 2.64. The van der Waals surface area contributed by atoms with Gasteiger partial charge in [-0.15, -0.1) is 0 Å².